The Morgan fingerprint density at radius 2 is 1.97 bits per heavy atom. The fourth-order valence-electron chi connectivity index (χ4n) is 4.37. The van der Waals surface area contributed by atoms with Crippen LogP contribution < -0.4 is 15.6 Å². The Morgan fingerprint density at radius 3 is 2.53 bits per heavy atom. The molecule has 0 atom stereocenters. The Balaban J connectivity index is 1.81. The van der Waals surface area contributed by atoms with Gasteiger partial charge >= 0.3 is 5.97 Å². The highest BCUT2D eigenvalue weighted by Crippen LogP contribution is 2.43. The Morgan fingerprint density at radius 1 is 1.30 bits per heavy atom. The number of aromatic carboxylic acids is 1. The van der Waals surface area contributed by atoms with Crippen LogP contribution in [0, 0.1) is 5.82 Å². The number of phenolic OH excluding ortho intramolecular Hbond substituents is 1. The Hall–Kier alpha value is -2.87. The van der Waals surface area contributed by atoms with Gasteiger partial charge < -0.3 is 25.0 Å². The summed E-state index contributed by atoms with van der Waals surface area (Å²) in [7, 11) is 1.90. The highest BCUT2D eigenvalue weighted by atomic mass is 19.1. The second-order valence-electron chi connectivity index (χ2n) is 8.17. The number of likely N-dealkylation sites (N-methyl/N-ethyl adjacent to an activating group) is 1. The molecule has 0 amide bonds. The number of phenols is 1. The van der Waals surface area contributed by atoms with Gasteiger partial charge in [-0.25, -0.2) is 9.18 Å². The number of nitrogens with one attached hydrogen (secondary N) is 1. The molecule has 2 aliphatic rings. The van der Waals surface area contributed by atoms with Crippen LogP contribution >= 0.6 is 0 Å². The molecule has 0 unspecified atom stereocenters. The van der Waals surface area contributed by atoms with Crippen LogP contribution in [0.3, 0.4) is 0 Å². The minimum atomic E-state index is -1.35. The summed E-state index contributed by atoms with van der Waals surface area (Å²) in [5, 5.41) is 23.5. The molecule has 1 aliphatic carbocycles. The number of anilines is 1. The molecule has 0 bridgehead atoms. The van der Waals surface area contributed by atoms with Gasteiger partial charge in [0.25, 0.3) is 0 Å². The topological polar surface area (TPSA) is 94.8 Å². The molecule has 2 fully saturated rings. The van der Waals surface area contributed by atoms with Gasteiger partial charge in [0.05, 0.1) is 10.9 Å². The molecule has 8 heteroatoms. The van der Waals surface area contributed by atoms with E-state index < -0.39 is 22.8 Å². The van der Waals surface area contributed by atoms with E-state index in [1.807, 2.05) is 11.9 Å². The van der Waals surface area contributed by atoms with Gasteiger partial charge in [-0.15, -0.1) is 0 Å². The smallest absolute Gasteiger partial charge is 0.341 e. The number of carbonyl (C=O) groups is 1. The third-order valence-corrected chi connectivity index (χ3v) is 6.12. The highest BCUT2D eigenvalue weighted by molar-refractivity contribution is 5.96. The number of rotatable bonds is 5. The highest BCUT2D eigenvalue weighted by Gasteiger charge is 2.31. The number of nitrogens with zero attached hydrogens (tertiary/aromatic N) is 2. The first-order chi connectivity index (χ1) is 14.3. The van der Waals surface area contributed by atoms with Gasteiger partial charge in [-0.1, -0.05) is 11.1 Å². The van der Waals surface area contributed by atoms with Crippen molar-refractivity contribution in [1.82, 2.24) is 9.88 Å². The van der Waals surface area contributed by atoms with Gasteiger partial charge in [0.15, 0.2) is 11.6 Å². The van der Waals surface area contributed by atoms with Crippen molar-refractivity contribution in [3.63, 3.8) is 0 Å². The van der Waals surface area contributed by atoms with Crippen LogP contribution in [0.5, 0.6) is 5.75 Å². The fourth-order valence-corrected chi connectivity index (χ4v) is 4.37. The average Bonchev–Trinajstić information content (AvgIpc) is 3.54. The molecule has 1 saturated heterocycles. The predicted molar refractivity (Wildman–Crippen MR) is 113 cm³/mol. The van der Waals surface area contributed by atoms with Crippen LogP contribution in [0.25, 0.3) is 10.9 Å². The van der Waals surface area contributed by atoms with E-state index in [1.165, 1.54) is 17.3 Å². The zero-order chi connectivity index (χ0) is 21.6. The van der Waals surface area contributed by atoms with Gasteiger partial charge in [0.1, 0.15) is 11.3 Å². The van der Waals surface area contributed by atoms with E-state index in [9.17, 15) is 19.8 Å². The minimum Gasteiger partial charge on any atom is -0.504 e. The van der Waals surface area contributed by atoms with Crippen LogP contribution in [0.15, 0.2) is 28.2 Å². The van der Waals surface area contributed by atoms with E-state index in [-0.39, 0.29) is 28.4 Å². The molecular formula is C22H26FN3O4. The monoisotopic (exact) mass is 415 g/mol. The number of hydrogen-bond donors (Lipinski definition) is 3. The number of carboxylic acid groups (broad SMARTS) is 1. The molecule has 7 nitrogen and oxygen atoms in total. The molecule has 2 heterocycles. The van der Waals surface area contributed by atoms with Crippen LogP contribution in [0.1, 0.15) is 49.0 Å². The molecular weight excluding hydrogens is 389 g/mol. The Bertz CT molecular complexity index is 1110. The van der Waals surface area contributed by atoms with E-state index in [1.54, 1.807) is 4.57 Å². The molecule has 3 N–H and O–H groups in total. The number of carboxylic acids is 1. The summed E-state index contributed by atoms with van der Waals surface area (Å²) in [5.74, 6) is -2.35. The first-order valence-electron chi connectivity index (χ1n) is 10.2. The zero-order valence-electron chi connectivity index (χ0n) is 17.2. The van der Waals surface area contributed by atoms with Gasteiger partial charge in [0.2, 0.25) is 5.43 Å². The minimum absolute atomic E-state index is 0.00972. The first kappa shape index (κ1) is 20.4. The van der Waals surface area contributed by atoms with Crippen molar-refractivity contribution in [1.29, 1.82) is 0 Å². The standard InChI is InChI=1S/C22H26FN3O4/c1-12(10-24-2)13-5-7-25(8-6-13)19-17(23)9-15-18(21(19)28)26(14-3-4-14)11-16(20(15)27)22(29)30/h9,11,14,24,28H,3-8,10H2,1-2H3,(H,29,30). The number of aromatic nitrogens is 1. The lowest BCUT2D eigenvalue weighted by molar-refractivity contribution is 0.0694. The molecule has 0 radical (unpaired) electrons. The van der Waals surface area contributed by atoms with Crippen LogP contribution in [-0.4, -0.2) is 47.4 Å². The third kappa shape index (κ3) is 3.45. The van der Waals surface area contributed by atoms with Gasteiger partial charge in [-0.05, 0) is 45.7 Å². The number of halogens is 1. The van der Waals surface area contributed by atoms with Crippen molar-refractivity contribution in [3.05, 3.63) is 45.0 Å². The quantitative estimate of drug-likeness (QED) is 0.650. The molecule has 30 heavy (non-hydrogen) atoms. The summed E-state index contributed by atoms with van der Waals surface area (Å²) in [4.78, 5) is 25.9. The lowest BCUT2D eigenvalue weighted by Gasteiger charge is -2.32. The van der Waals surface area contributed by atoms with Crippen LogP contribution in [0.2, 0.25) is 0 Å². The zero-order valence-corrected chi connectivity index (χ0v) is 17.2. The van der Waals surface area contributed by atoms with Crippen molar-refractivity contribution in [2.24, 2.45) is 0 Å². The maximum absolute atomic E-state index is 15.1. The summed E-state index contributed by atoms with van der Waals surface area (Å²) in [6.45, 7) is 4.02. The maximum atomic E-state index is 15.1. The normalized spacial score (nSPS) is 16.9. The van der Waals surface area contributed by atoms with Crippen LogP contribution in [0.4, 0.5) is 10.1 Å². The van der Waals surface area contributed by atoms with E-state index >= 15 is 4.39 Å². The van der Waals surface area contributed by atoms with E-state index in [2.05, 4.69) is 12.2 Å². The number of hydrogen-bond acceptors (Lipinski definition) is 5. The molecule has 4 rings (SSSR count). The average molecular weight is 415 g/mol. The third-order valence-electron chi connectivity index (χ3n) is 6.12. The number of fused-ring (bicyclic) bond motifs is 1. The van der Waals surface area contributed by atoms with Gasteiger partial charge in [-0.2, -0.15) is 0 Å². The second-order valence-corrected chi connectivity index (χ2v) is 8.17. The van der Waals surface area contributed by atoms with Crippen molar-refractivity contribution >= 4 is 22.6 Å². The van der Waals surface area contributed by atoms with Crippen LogP contribution in [-0.2, 0) is 0 Å². The largest absolute Gasteiger partial charge is 0.504 e. The molecule has 1 aromatic carbocycles. The molecule has 1 aliphatic heterocycles. The summed E-state index contributed by atoms with van der Waals surface area (Å²) in [6, 6.07) is 1.09. The number of aromatic hydroxyl groups is 1. The molecule has 1 saturated carbocycles. The summed E-state index contributed by atoms with van der Waals surface area (Å²) in [5.41, 5.74) is 1.74. The van der Waals surface area contributed by atoms with Gasteiger partial charge in [-0.3, -0.25) is 4.79 Å². The summed E-state index contributed by atoms with van der Waals surface area (Å²) in [6.07, 6.45) is 4.48. The molecule has 2 aromatic rings. The molecule has 1 aromatic heterocycles. The number of pyridine rings is 1. The summed E-state index contributed by atoms with van der Waals surface area (Å²) >= 11 is 0. The SMILES string of the molecule is CNCC(C)=C1CCN(c2c(F)cc3c(=O)c(C(=O)O)cn(C4CC4)c3c2O)CC1. The van der Waals surface area contributed by atoms with Crippen molar-refractivity contribution in [3.8, 4) is 5.75 Å². The molecule has 160 valence electrons. The van der Waals surface area contributed by atoms with Crippen molar-refractivity contribution < 1.29 is 19.4 Å². The number of piperidine rings is 1. The van der Waals surface area contributed by atoms with E-state index in [0.717, 1.165) is 38.3 Å². The van der Waals surface area contributed by atoms with Crippen molar-refractivity contribution in [2.75, 3.05) is 31.6 Å². The lowest BCUT2D eigenvalue weighted by atomic mass is 9.97. The van der Waals surface area contributed by atoms with Gasteiger partial charge in [0, 0.05) is 31.9 Å². The second kappa shape index (κ2) is 7.75. The summed E-state index contributed by atoms with van der Waals surface area (Å²) < 4.78 is 16.7. The van der Waals surface area contributed by atoms with E-state index in [4.69, 9.17) is 0 Å². The maximum Gasteiger partial charge on any atom is 0.341 e. The lowest BCUT2D eigenvalue weighted by Crippen LogP contribution is -2.32. The fraction of sp³-hybridized carbons (Fsp3) is 0.455. The molecule has 0 spiro atoms. The number of benzene rings is 1. The Kier molecular flexibility index (Phi) is 5.27. The predicted octanol–water partition coefficient (Wildman–Crippen LogP) is 3.02. The first-order valence-corrected chi connectivity index (χ1v) is 10.2. The van der Waals surface area contributed by atoms with Crippen molar-refractivity contribution in [2.45, 2.75) is 38.6 Å². The Labute approximate surface area is 173 Å². The van der Waals surface area contributed by atoms with E-state index in [0.29, 0.717) is 13.1 Å².